The fraction of sp³-hybridized carbons (Fsp3) is 0.167. The van der Waals surface area contributed by atoms with Crippen LogP contribution in [0.15, 0.2) is 60.9 Å². The van der Waals surface area contributed by atoms with E-state index in [2.05, 4.69) is 25.4 Å². The molecule has 0 fully saturated rings. The number of amides is 1. The molecule has 3 heterocycles. The van der Waals surface area contributed by atoms with E-state index in [1.807, 2.05) is 0 Å². The topological polar surface area (TPSA) is 88.5 Å². The molecule has 0 aliphatic heterocycles. The fourth-order valence-electron chi connectivity index (χ4n) is 3.86. The van der Waals surface area contributed by atoms with Crippen molar-refractivity contribution in [3.05, 3.63) is 77.9 Å². The smallest absolute Gasteiger partial charge is 0.269 e. The Hall–Kier alpha value is -4.21. The third-order valence-corrected chi connectivity index (χ3v) is 5.49. The highest BCUT2D eigenvalue weighted by atomic mass is 19.3. The molecule has 2 N–H and O–H groups in total. The minimum absolute atomic E-state index is 0.0890. The molecular weight excluding hydrogens is 445 g/mol. The summed E-state index contributed by atoms with van der Waals surface area (Å²) < 4.78 is 44.0. The van der Waals surface area contributed by atoms with E-state index in [0.717, 1.165) is 0 Å². The molecule has 0 bridgehead atoms. The second-order valence-electron chi connectivity index (χ2n) is 7.99. The van der Waals surface area contributed by atoms with E-state index in [1.54, 1.807) is 43.4 Å². The van der Waals surface area contributed by atoms with Crippen molar-refractivity contribution in [1.82, 2.24) is 30.0 Å². The number of nitrogens with one attached hydrogen (secondary N) is 2. The van der Waals surface area contributed by atoms with Crippen LogP contribution in [-0.2, 0) is 13.5 Å². The summed E-state index contributed by atoms with van der Waals surface area (Å²) in [6.45, 7) is -0.822. The van der Waals surface area contributed by atoms with Crippen LogP contribution in [0.2, 0.25) is 0 Å². The lowest BCUT2D eigenvalue weighted by Crippen LogP contribution is -2.38. The van der Waals surface area contributed by atoms with Gasteiger partial charge in [0.25, 0.3) is 11.8 Å². The number of alkyl halides is 2. The van der Waals surface area contributed by atoms with Gasteiger partial charge in [0.15, 0.2) is 5.65 Å². The van der Waals surface area contributed by atoms with E-state index in [0.29, 0.717) is 33.5 Å². The summed E-state index contributed by atoms with van der Waals surface area (Å²) in [5.74, 6) is -4.21. The summed E-state index contributed by atoms with van der Waals surface area (Å²) in [6.07, 6.45) is 2.38. The average molecular weight is 464 g/mol. The summed E-state index contributed by atoms with van der Waals surface area (Å²) in [6, 6.07) is 12.6. The van der Waals surface area contributed by atoms with Crippen LogP contribution in [0.4, 0.5) is 13.2 Å². The number of aromatic nitrogens is 5. The van der Waals surface area contributed by atoms with Crippen molar-refractivity contribution in [1.29, 1.82) is 0 Å². The molecule has 0 aliphatic carbocycles. The molecular formula is C24H19F3N6O. The first-order chi connectivity index (χ1) is 16.3. The van der Waals surface area contributed by atoms with Gasteiger partial charge < -0.3 is 10.3 Å². The molecule has 0 radical (unpaired) electrons. The summed E-state index contributed by atoms with van der Waals surface area (Å²) in [7, 11) is 1.68. The van der Waals surface area contributed by atoms with E-state index >= 15 is 0 Å². The fourth-order valence-corrected chi connectivity index (χ4v) is 3.86. The van der Waals surface area contributed by atoms with Gasteiger partial charge in [-0.15, -0.1) is 0 Å². The van der Waals surface area contributed by atoms with Gasteiger partial charge >= 0.3 is 0 Å². The molecule has 3 aromatic heterocycles. The Morgan fingerprint density at radius 2 is 1.97 bits per heavy atom. The zero-order chi connectivity index (χ0) is 23.9. The molecule has 34 heavy (non-hydrogen) atoms. The highest BCUT2D eigenvalue weighted by molar-refractivity contribution is 6.05. The Bertz CT molecular complexity index is 1510. The normalized spacial score (nSPS) is 11.9. The number of benzene rings is 2. The van der Waals surface area contributed by atoms with Crippen molar-refractivity contribution < 1.29 is 18.0 Å². The first-order valence-corrected chi connectivity index (χ1v) is 10.5. The lowest BCUT2D eigenvalue weighted by Gasteiger charge is -2.17. The highest BCUT2D eigenvalue weighted by Crippen LogP contribution is 2.28. The zero-order valence-electron chi connectivity index (χ0n) is 18.0. The van der Waals surface area contributed by atoms with Crippen molar-refractivity contribution in [2.45, 2.75) is 12.3 Å². The van der Waals surface area contributed by atoms with Crippen LogP contribution in [0.1, 0.15) is 15.9 Å². The van der Waals surface area contributed by atoms with Gasteiger partial charge in [-0.05, 0) is 23.8 Å². The molecule has 10 heteroatoms. The first-order valence-electron chi connectivity index (χ1n) is 10.5. The van der Waals surface area contributed by atoms with Crippen LogP contribution in [0.5, 0.6) is 0 Å². The molecule has 1 amide bonds. The van der Waals surface area contributed by atoms with E-state index in [4.69, 9.17) is 0 Å². The Balaban J connectivity index is 1.41. The third kappa shape index (κ3) is 4.09. The van der Waals surface area contributed by atoms with Crippen molar-refractivity contribution in [2.24, 2.45) is 7.05 Å². The molecule has 0 unspecified atom stereocenters. The summed E-state index contributed by atoms with van der Waals surface area (Å²) in [5, 5.41) is 7.38. The molecule has 0 aliphatic rings. The predicted octanol–water partition coefficient (Wildman–Crippen LogP) is 4.26. The van der Waals surface area contributed by atoms with Gasteiger partial charge in [0.05, 0.1) is 23.8 Å². The lowest BCUT2D eigenvalue weighted by molar-refractivity contribution is 0.00306. The number of carbonyl (C=O) groups excluding carboxylic acids is 1. The van der Waals surface area contributed by atoms with Crippen molar-refractivity contribution in [2.75, 3.05) is 6.54 Å². The van der Waals surface area contributed by atoms with Gasteiger partial charge in [-0.1, -0.05) is 30.3 Å². The van der Waals surface area contributed by atoms with Crippen molar-refractivity contribution >= 4 is 28.0 Å². The molecule has 5 rings (SSSR count). The Morgan fingerprint density at radius 3 is 2.76 bits per heavy atom. The van der Waals surface area contributed by atoms with Crippen LogP contribution < -0.4 is 5.32 Å². The molecule has 0 saturated carbocycles. The van der Waals surface area contributed by atoms with Gasteiger partial charge in [-0.2, -0.15) is 5.10 Å². The summed E-state index contributed by atoms with van der Waals surface area (Å²) in [5.41, 5.74) is 2.53. The van der Waals surface area contributed by atoms with Gasteiger partial charge in [0.2, 0.25) is 0 Å². The Morgan fingerprint density at radius 1 is 1.18 bits per heavy atom. The number of aromatic amines is 1. The number of carbonyl (C=O) groups is 1. The number of hydrogen-bond acceptors (Lipinski definition) is 4. The van der Waals surface area contributed by atoms with Gasteiger partial charge in [-0.25, -0.2) is 23.1 Å². The maximum atomic E-state index is 14.4. The van der Waals surface area contributed by atoms with Gasteiger partial charge in [0.1, 0.15) is 22.7 Å². The summed E-state index contributed by atoms with van der Waals surface area (Å²) >= 11 is 0. The van der Waals surface area contributed by atoms with E-state index in [-0.39, 0.29) is 11.1 Å². The highest BCUT2D eigenvalue weighted by Gasteiger charge is 2.30. The number of hydrogen-bond donors (Lipinski definition) is 2. The maximum absolute atomic E-state index is 14.4. The predicted molar refractivity (Wildman–Crippen MR) is 121 cm³/mol. The van der Waals surface area contributed by atoms with Crippen LogP contribution in [-0.4, -0.2) is 43.1 Å². The monoisotopic (exact) mass is 464 g/mol. The molecule has 172 valence electrons. The SMILES string of the molecule is Cn1nc(-c2cnc3[nH]cc(C(=O)NCC(F)(F)Cc4ccccc4)c3n2)c2ccc(F)cc21. The number of nitrogens with zero attached hydrogens (tertiary/aromatic N) is 4. The van der Waals surface area contributed by atoms with Crippen LogP contribution >= 0.6 is 0 Å². The maximum Gasteiger partial charge on any atom is 0.269 e. The van der Waals surface area contributed by atoms with Gasteiger partial charge in [0, 0.05) is 25.1 Å². The molecule has 7 nitrogen and oxygen atoms in total. The molecule has 5 aromatic rings. The zero-order valence-corrected chi connectivity index (χ0v) is 18.0. The molecule has 0 spiro atoms. The number of halogens is 3. The lowest BCUT2D eigenvalue weighted by atomic mass is 10.1. The molecule has 0 saturated heterocycles. The second kappa shape index (κ2) is 8.29. The van der Waals surface area contributed by atoms with Gasteiger partial charge in [-0.3, -0.25) is 9.48 Å². The standard InChI is InChI=1S/C24H19F3N6O/c1-33-19-9-15(25)7-8-16(19)20(32-33)18-12-29-22-21(31-18)17(11-28-22)23(34)30-13-24(26,27)10-14-5-3-2-4-6-14/h2-9,11-12H,10,13H2,1H3,(H,28,29)(H,30,34). The number of rotatable bonds is 6. The minimum atomic E-state index is -3.12. The number of fused-ring (bicyclic) bond motifs is 2. The Kier molecular flexibility index (Phi) is 5.27. The Labute approximate surface area is 191 Å². The molecule has 0 atom stereocenters. The first kappa shape index (κ1) is 21.6. The van der Waals surface area contributed by atoms with Crippen LogP contribution in [0, 0.1) is 5.82 Å². The van der Waals surface area contributed by atoms with E-state index < -0.39 is 30.6 Å². The van der Waals surface area contributed by atoms with Crippen molar-refractivity contribution in [3.63, 3.8) is 0 Å². The van der Waals surface area contributed by atoms with Crippen LogP contribution in [0.25, 0.3) is 33.5 Å². The average Bonchev–Trinajstić information content (AvgIpc) is 3.38. The van der Waals surface area contributed by atoms with E-state index in [1.165, 1.54) is 29.2 Å². The third-order valence-electron chi connectivity index (χ3n) is 5.49. The number of aryl methyl sites for hydroxylation is 1. The minimum Gasteiger partial charge on any atom is -0.346 e. The largest absolute Gasteiger partial charge is 0.346 e. The molecule has 2 aromatic carbocycles. The van der Waals surface area contributed by atoms with Crippen LogP contribution in [0.3, 0.4) is 0 Å². The number of H-pyrrole nitrogens is 1. The van der Waals surface area contributed by atoms with Crippen molar-refractivity contribution in [3.8, 4) is 11.4 Å². The van der Waals surface area contributed by atoms with E-state index in [9.17, 15) is 18.0 Å². The second-order valence-corrected chi connectivity index (χ2v) is 7.99. The summed E-state index contributed by atoms with van der Waals surface area (Å²) in [4.78, 5) is 24.4. The quantitative estimate of drug-likeness (QED) is 0.393.